The maximum Gasteiger partial charge on any atom is 0.331 e. The summed E-state index contributed by atoms with van der Waals surface area (Å²) in [5, 5.41) is 0.919. The highest BCUT2D eigenvalue weighted by molar-refractivity contribution is 9.09. The smallest absolute Gasteiger partial charge is 0.331 e. The van der Waals surface area contributed by atoms with Gasteiger partial charge in [-0.2, -0.15) is 0 Å². The zero-order valence-corrected chi connectivity index (χ0v) is 13.6. The number of hydrogen-bond acceptors (Lipinski definition) is 2. The lowest BCUT2D eigenvalue weighted by atomic mass is 9.90. The van der Waals surface area contributed by atoms with Gasteiger partial charge in [0.1, 0.15) is 0 Å². The Kier molecular flexibility index (Phi) is 5.06. The van der Waals surface area contributed by atoms with Gasteiger partial charge < -0.3 is 4.74 Å². The zero-order valence-electron chi connectivity index (χ0n) is 11.2. The number of allylic oxidation sites excluding steroid dienone is 3. The molecular weight excluding hydrogens is 340 g/mol. The summed E-state index contributed by atoms with van der Waals surface area (Å²) in [6.45, 7) is 0. The first-order valence-corrected chi connectivity index (χ1v) is 7.91. The molecule has 0 aromatic heterocycles. The lowest BCUT2D eigenvalue weighted by Crippen LogP contribution is -2.32. The van der Waals surface area contributed by atoms with E-state index in [1.807, 2.05) is 24.3 Å². The first-order valence-electron chi connectivity index (χ1n) is 6.41. The van der Waals surface area contributed by atoms with Gasteiger partial charge in [-0.1, -0.05) is 58.4 Å². The monoisotopic (exact) mass is 354 g/mol. The second-order valence-corrected chi connectivity index (χ2v) is 6.11. The number of methoxy groups -OCH3 is 1. The van der Waals surface area contributed by atoms with Crippen LogP contribution in [0.2, 0.25) is 0 Å². The molecule has 1 atom stereocenters. The number of esters is 1. The number of rotatable bonds is 4. The maximum absolute atomic E-state index is 11.7. The van der Waals surface area contributed by atoms with Crippen LogP contribution in [-0.4, -0.2) is 23.3 Å². The third kappa shape index (κ3) is 3.15. The molecule has 1 unspecified atom stereocenters. The van der Waals surface area contributed by atoms with E-state index < -0.39 is 10.8 Å². The first kappa shape index (κ1) is 15.3. The van der Waals surface area contributed by atoms with Gasteiger partial charge in [-0.25, -0.2) is 4.79 Å². The van der Waals surface area contributed by atoms with E-state index in [1.165, 1.54) is 18.2 Å². The summed E-state index contributed by atoms with van der Waals surface area (Å²) in [4.78, 5) is 10.6. The molecule has 4 heteroatoms. The standard InChI is InChI=1S/C16H16BrClO2/c1-20-15(19)16(18)9-6-13(7-10-16)14-5-3-2-4-12(14)8-11-17/h2-7,9H,8,10-11H2,1H3. The van der Waals surface area contributed by atoms with Crippen molar-refractivity contribution in [2.75, 3.05) is 12.4 Å². The number of hydrogen-bond donors (Lipinski definition) is 0. The Balaban J connectivity index is 2.26. The summed E-state index contributed by atoms with van der Waals surface area (Å²) >= 11 is 9.74. The predicted molar refractivity (Wildman–Crippen MR) is 86.3 cm³/mol. The topological polar surface area (TPSA) is 26.3 Å². The lowest BCUT2D eigenvalue weighted by Gasteiger charge is -2.23. The lowest BCUT2D eigenvalue weighted by molar-refractivity contribution is -0.142. The molecular formula is C16H16BrClO2. The van der Waals surface area contributed by atoms with Crippen LogP contribution in [-0.2, 0) is 16.0 Å². The average molecular weight is 356 g/mol. The van der Waals surface area contributed by atoms with E-state index in [2.05, 4.69) is 28.1 Å². The van der Waals surface area contributed by atoms with Crippen LogP contribution in [0.15, 0.2) is 42.5 Å². The molecule has 0 spiro atoms. The van der Waals surface area contributed by atoms with Crippen molar-refractivity contribution in [1.29, 1.82) is 0 Å². The first-order chi connectivity index (χ1) is 9.60. The van der Waals surface area contributed by atoms with Crippen LogP contribution < -0.4 is 0 Å². The van der Waals surface area contributed by atoms with Crippen molar-refractivity contribution in [2.45, 2.75) is 17.7 Å². The van der Waals surface area contributed by atoms with Gasteiger partial charge in [-0.05, 0) is 29.5 Å². The van der Waals surface area contributed by atoms with Gasteiger partial charge >= 0.3 is 5.97 Å². The molecule has 0 radical (unpaired) electrons. The molecule has 106 valence electrons. The highest BCUT2D eigenvalue weighted by atomic mass is 79.9. The fraction of sp³-hybridized carbons (Fsp3) is 0.312. The summed E-state index contributed by atoms with van der Waals surface area (Å²) in [6.07, 6.45) is 7.03. The normalized spacial score (nSPS) is 21.4. The second kappa shape index (κ2) is 6.59. The minimum atomic E-state index is -1.07. The fourth-order valence-electron chi connectivity index (χ4n) is 2.26. The molecule has 0 heterocycles. The Labute approximate surface area is 132 Å². The largest absolute Gasteiger partial charge is 0.467 e. The maximum atomic E-state index is 11.7. The molecule has 2 rings (SSSR count). The van der Waals surface area contributed by atoms with Crippen LogP contribution in [0.4, 0.5) is 0 Å². The van der Waals surface area contributed by atoms with Gasteiger partial charge in [0.2, 0.25) is 0 Å². The number of alkyl halides is 2. The van der Waals surface area contributed by atoms with E-state index in [0.29, 0.717) is 6.42 Å². The van der Waals surface area contributed by atoms with E-state index >= 15 is 0 Å². The minimum Gasteiger partial charge on any atom is -0.467 e. The Hall–Kier alpha value is -1.06. The zero-order chi connectivity index (χ0) is 14.6. The van der Waals surface area contributed by atoms with Crippen molar-refractivity contribution in [2.24, 2.45) is 0 Å². The van der Waals surface area contributed by atoms with Crippen LogP contribution in [0.5, 0.6) is 0 Å². The highest BCUT2D eigenvalue weighted by Gasteiger charge is 2.35. The molecule has 1 aromatic rings. The van der Waals surface area contributed by atoms with Crippen LogP contribution in [0, 0.1) is 0 Å². The SMILES string of the molecule is COC(=O)C1(Cl)C=CC(c2ccccc2CCBr)=CC1. The average Bonchev–Trinajstić information content (AvgIpc) is 2.48. The fourth-order valence-corrected chi connectivity index (χ4v) is 2.90. The van der Waals surface area contributed by atoms with Crippen molar-refractivity contribution in [3.8, 4) is 0 Å². The van der Waals surface area contributed by atoms with Gasteiger partial charge in [0.15, 0.2) is 4.87 Å². The van der Waals surface area contributed by atoms with Crippen molar-refractivity contribution in [1.82, 2.24) is 0 Å². The summed E-state index contributed by atoms with van der Waals surface area (Å²) < 4.78 is 4.74. The summed E-state index contributed by atoms with van der Waals surface area (Å²) in [6, 6.07) is 8.27. The van der Waals surface area contributed by atoms with E-state index in [9.17, 15) is 4.79 Å². The van der Waals surface area contributed by atoms with Crippen molar-refractivity contribution < 1.29 is 9.53 Å². The van der Waals surface area contributed by atoms with Crippen molar-refractivity contribution in [3.63, 3.8) is 0 Å². The van der Waals surface area contributed by atoms with Crippen molar-refractivity contribution in [3.05, 3.63) is 53.6 Å². The van der Waals surface area contributed by atoms with Crippen LogP contribution in [0.25, 0.3) is 5.57 Å². The number of ether oxygens (including phenoxy) is 1. The Morgan fingerprint density at radius 1 is 1.45 bits per heavy atom. The third-order valence-electron chi connectivity index (χ3n) is 3.36. The number of aryl methyl sites for hydroxylation is 1. The highest BCUT2D eigenvalue weighted by Crippen LogP contribution is 2.33. The summed E-state index contributed by atoms with van der Waals surface area (Å²) in [7, 11) is 1.35. The van der Waals surface area contributed by atoms with Gasteiger partial charge in [-0.15, -0.1) is 11.6 Å². The molecule has 1 aliphatic carbocycles. The molecule has 0 bridgehead atoms. The molecule has 0 saturated heterocycles. The van der Waals surface area contributed by atoms with E-state index in [1.54, 1.807) is 6.08 Å². The second-order valence-electron chi connectivity index (χ2n) is 4.65. The Morgan fingerprint density at radius 2 is 2.20 bits per heavy atom. The minimum absolute atomic E-state index is 0.417. The summed E-state index contributed by atoms with van der Waals surface area (Å²) in [5.41, 5.74) is 3.56. The van der Waals surface area contributed by atoms with Crippen LogP contribution in [0.3, 0.4) is 0 Å². The molecule has 0 amide bonds. The molecule has 0 N–H and O–H groups in total. The molecule has 2 nitrogen and oxygen atoms in total. The van der Waals surface area contributed by atoms with E-state index in [0.717, 1.165) is 17.3 Å². The number of halogens is 2. The van der Waals surface area contributed by atoms with Gasteiger partial charge in [0.25, 0.3) is 0 Å². The van der Waals surface area contributed by atoms with Crippen molar-refractivity contribution >= 4 is 39.1 Å². The predicted octanol–water partition coefficient (Wildman–Crippen LogP) is 4.12. The molecule has 0 aliphatic heterocycles. The molecule has 0 fully saturated rings. The third-order valence-corrected chi connectivity index (χ3v) is 4.19. The quantitative estimate of drug-likeness (QED) is 0.600. The molecule has 1 aliphatic rings. The molecule has 1 aromatic carbocycles. The molecule has 0 saturated carbocycles. The van der Waals surface area contributed by atoms with E-state index in [4.69, 9.17) is 16.3 Å². The Morgan fingerprint density at radius 3 is 2.80 bits per heavy atom. The van der Waals surface area contributed by atoms with Gasteiger partial charge in [0.05, 0.1) is 7.11 Å². The van der Waals surface area contributed by atoms with Gasteiger partial charge in [-0.3, -0.25) is 0 Å². The van der Waals surface area contributed by atoms with Crippen LogP contribution >= 0.6 is 27.5 Å². The number of benzene rings is 1. The molecule has 20 heavy (non-hydrogen) atoms. The van der Waals surface area contributed by atoms with Crippen LogP contribution in [0.1, 0.15) is 17.5 Å². The number of carbonyl (C=O) groups excluding carboxylic acids is 1. The van der Waals surface area contributed by atoms with Gasteiger partial charge in [0, 0.05) is 5.33 Å². The summed E-state index contributed by atoms with van der Waals surface area (Å²) in [5.74, 6) is -0.417. The number of carbonyl (C=O) groups is 1. The van der Waals surface area contributed by atoms with E-state index in [-0.39, 0.29) is 0 Å². The Bertz CT molecular complexity index is 565.